The van der Waals surface area contributed by atoms with Crippen LogP contribution in [0.4, 0.5) is 0 Å². The summed E-state index contributed by atoms with van der Waals surface area (Å²) in [4.78, 5) is 24.7. The second-order valence-corrected chi connectivity index (χ2v) is 13.0. The number of rotatable bonds is 11. The fourth-order valence-electron chi connectivity index (χ4n) is 5.81. The molecule has 0 saturated heterocycles. The number of carbonyl (C=O) groups is 2. The van der Waals surface area contributed by atoms with Crippen LogP contribution in [0.2, 0.25) is 0 Å². The molecule has 0 bridgehead atoms. The Hall–Kier alpha value is -1.58. The molecule has 2 rings (SSSR count). The van der Waals surface area contributed by atoms with E-state index in [2.05, 4.69) is 62.3 Å². The van der Waals surface area contributed by atoms with Gasteiger partial charge in [0.1, 0.15) is 5.76 Å². The Labute approximate surface area is 208 Å². The zero-order valence-corrected chi connectivity index (χ0v) is 23.4. The van der Waals surface area contributed by atoms with Crippen molar-refractivity contribution in [1.82, 2.24) is 0 Å². The van der Waals surface area contributed by atoms with Gasteiger partial charge in [-0.1, -0.05) is 62.3 Å². The predicted molar refractivity (Wildman–Crippen MR) is 140 cm³/mol. The van der Waals surface area contributed by atoms with Crippen LogP contribution in [-0.2, 0) is 14.3 Å². The molecule has 2 aliphatic rings. The molecular weight excluding hydrogens is 424 g/mol. The highest BCUT2D eigenvalue weighted by molar-refractivity contribution is 6.05. The van der Waals surface area contributed by atoms with Gasteiger partial charge in [0.15, 0.2) is 5.78 Å². The van der Waals surface area contributed by atoms with Gasteiger partial charge >= 0.3 is 5.97 Å². The van der Waals surface area contributed by atoms with E-state index in [0.717, 1.165) is 50.7 Å². The summed E-state index contributed by atoms with van der Waals surface area (Å²) in [7, 11) is 0. The number of hydrogen-bond donors (Lipinski definition) is 1. The smallest absolute Gasteiger partial charge is 0.331 e. The minimum Gasteiger partial charge on any atom is -0.497 e. The maximum absolute atomic E-state index is 13.1. The third-order valence-electron chi connectivity index (χ3n) is 8.23. The van der Waals surface area contributed by atoms with E-state index in [9.17, 15) is 14.7 Å². The first-order valence-corrected chi connectivity index (χ1v) is 13.5. The number of Topliss-reactive ketones (excluding diaryl/α,β-unsaturated/α-hetero) is 1. The van der Waals surface area contributed by atoms with Gasteiger partial charge in [-0.25, -0.2) is 4.79 Å². The number of carbonyl (C=O) groups excluding carboxylic acids is 1. The summed E-state index contributed by atoms with van der Waals surface area (Å²) in [6.45, 7) is 21.3. The van der Waals surface area contributed by atoms with Gasteiger partial charge in [0.05, 0.1) is 6.61 Å². The highest BCUT2D eigenvalue weighted by Gasteiger charge is 2.47. The van der Waals surface area contributed by atoms with Crippen molar-refractivity contribution in [1.29, 1.82) is 0 Å². The van der Waals surface area contributed by atoms with Gasteiger partial charge in [-0.3, -0.25) is 4.79 Å². The summed E-state index contributed by atoms with van der Waals surface area (Å²) >= 11 is 0. The van der Waals surface area contributed by atoms with Crippen LogP contribution in [0.5, 0.6) is 0 Å². The monoisotopic (exact) mass is 474 g/mol. The van der Waals surface area contributed by atoms with E-state index >= 15 is 0 Å². The summed E-state index contributed by atoms with van der Waals surface area (Å²) in [6.07, 6.45) is 7.67. The van der Waals surface area contributed by atoms with E-state index in [-0.39, 0.29) is 27.9 Å². The molecule has 0 spiro atoms. The zero-order valence-electron chi connectivity index (χ0n) is 23.4. The third-order valence-corrected chi connectivity index (χ3v) is 8.23. The molecule has 1 N–H and O–H groups in total. The highest BCUT2D eigenvalue weighted by atomic mass is 16.5. The lowest BCUT2D eigenvalue weighted by molar-refractivity contribution is -0.133. The zero-order chi connectivity index (χ0) is 25.9. The molecule has 194 valence electrons. The molecule has 34 heavy (non-hydrogen) atoms. The standard InChI is InChI=1S/C30H50O4/c1-10-20(11-2)26(30(9,29(6,7)8)19-28(3,4)5)34-17-16-21-18-24(21)25(31)22-14-12-13-15-23(22)27(32)33/h21,24H,10-19H2,1-9H3,(H,32,33)/t21-,24+,30?/m0/s1. The SMILES string of the molecule is CCC(CC)=C(OCC[C@H]1C[C@H]1C(=O)C1=C(C(=O)O)CCCC1)C(C)(CC(C)(C)C)C(C)(C)C. The topological polar surface area (TPSA) is 63.6 Å². The maximum Gasteiger partial charge on any atom is 0.331 e. The first kappa shape index (κ1) is 28.7. The quantitative estimate of drug-likeness (QED) is 0.307. The molecule has 0 aromatic carbocycles. The van der Waals surface area contributed by atoms with Crippen LogP contribution in [0.15, 0.2) is 22.5 Å². The van der Waals surface area contributed by atoms with E-state index in [1.807, 2.05) is 0 Å². The summed E-state index contributed by atoms with van der Waals surface area (Å²) in [5, 5.41) is 9.51. The Morgan fingerprint density at radius 2 is 1.50 bits per heavy atom. The van der Waals surface area contributed by atoms with Crippen LogP contribution in [0.1, 0.15) is 120 Å². The Kier molecular flexibility index (Phi) is 9.27. The molecule has 4 nitrogen and oxygen atoms in total. The maximum atomic E-state index is 13.1. The van der Waals surface area contributed by atoms with E-state index in [1.54, 1.807) is 0 Å². The first-order valence-electron chi connectivity index (χ1n) is 13.5. The second-order valence-electron chi connectivity index (χ2n) is 13.0. The fraction of sp³-hybridized carbons (Fsp3) is 0.800. The Morgan fingerprint density at radius 1 is 0.941 bits per heavy atom. The molecule has 1 unspecified atom stereocenters. The molecule has 0 aromatic rings. The summed E-state index contributed by atoms with van der Waals surface area (Å²) < 4.78 is 6.67. The molecule has 0 amide bonds. The molecule has 1 fully saturated rings. The van der Waals surface area contributed by atoms with Gasteiger partial charge in [-0.15, -0.1) is 0 Å². The Morgan fingerprint density at radius 3 is 1.97 bits per heavy atom. The number of hydrogen-bond acceptors (Lipinski definition) is 3. The molecule has 0 radical (unpaired) electrons. The number of carboxylic acids is 1. The fourth-order valence-corrected chi connectivity index (χ4v) is 5.81. The summed E-state index contributed by atoms with van der Waals surface area (Å²) in [5.41, 5.74) is 2.48. The molecule has 1 saturated carbocycles. The van der Waals surface area contributed by atoms with Gasteiger partial charge in [-0.05, 0) is 80.1 Å². The van der Waals surface area contributed by atoms with Crippen molar-refractivity contribution >= 4 is 11.8 Å². The van der Waals surface area contributed by atoms with Crippen molar-refractivity contribution in [2.75, 3.05) is 6.61 Å². The van der Waals surface area contributed by atoms with Crippen molar-refractivity contribution in [3.05, 3.63) is 22.5 Å². The van der Waals surface area contributed by atoms with Crippen molar-refractivity contribution in [3.8, 4) is 0 Å². The van der Waals surface area contributed by atoms with E-state index < -0.39 is 5.97 Å². The summed E-state index contributed by atoms with van der Waals surface area (Å²) in [6, 6.07) is 0. The first-order chi connectivity index (χ1) is 15.7. The molecule has 0 heterocycles. The van der Waals surface area contributed by atoms with Crippen molar-refractivity contribution in [2.24, 2.45) is 28.1 Å². The van der Waals surface area contributed by atoms with Gasteiger partial charge in [-0.2, -0.15) is 0 Å². The van der Waals surface area contributed by atoms with Gasteiger partial charge in [0.2, 0.25) is 0 Å². The van der Waals surface area contributed by atoms with E-state index in [4.69, 9.17) is 4.74 Å². The molecule has 2 aliphatic carbocycles. The van der Waals surface area contributed by atoms with Crippen molar-refractivity contribution in [3.63, 3.8) is 0 Å². The predicted octanol–water partition coefficient (Wildman–Crippen LogP) is 8.12. The molecule has 0 aromatic heterocycles. The minimum absolute atomic E-state index is 0.0149. The number of ether oxygens (including phenoxy) is 1. The third kappa shape index (κ3) is 6.76. The summed E-state index contributed by atoms with van der Waals surface area (Å²) in [5.74, 6) is 0.636. The van der Waals surface area contributed by atoms with Gasteiger partial charge in [0, 0.05) is 22.5 Å². The van der Waals surface area contributed by atoms with Crippen LogP contribution < -0.4 is 0 Å². The second kappa shape index (κ2) is 11.0. The Balaban J connectivity index is 2.14. The van der Waals surface area contributed by atoms with Crippen LogP contribution in [0.25, 0.3) is 0 Å². The van der Waals surface area contributed by atoms with Crippen LogP contribution in [-0.4, -0.2) is 23.5 Å². The molecule has 4 heteroatoms. The Bertz CT molecular complexity index is 812. The van der Waals surface area contributed by atoms with Crippen molar-refractivity contribution in [2.45, 2.75) is 120 Å². The molecule has 3 atom stereocenters. The minimum atomic E-state index is -0.912. The normalized spacial score (nSPS) is 22.7. The van der Waals surface area contributed by atoms with Gasteiger partial charge in [0.25, 0.3) is 0 Å². The van der Waals surface area contributed by atoms with Crippen LogP contribution in [0, 0.1) is 28.1 Å². The molecular formula is C30H50O4. The van der Waals surface area contributed by atoms with Gasteiger partial charge < -0.3 is 9.84 Å². The molecule has 0 aliphatic heterocycles. The lowest BCUT2D eigenvalue weighted by Crippen LogP contribution is -2.40. The number of aliphatic carboxylic acids is 1. The lowest BCUT2D eigenvalue weighted by Gasteiger charge is -2.47. The van der Waals surface area contributed by atoms with E-state index in [0.29, 0.717) is 36.5 Å². The van der Waals surface area contributed by atoms with Crippen LogP contribution >= 0.6 is 0 Å². The number of allylic oxidation sites excluding steroid dienone is 3. The largest absolute Gasteiger partial charge is 0.497 e. The number of ketones is 1. The lowest BCUT2D eigenvalue weighted by atomic mass is 9.59. The highest BCUT2D eigenvalue weighted by Crippen LogP contribution is 2.53. The number of carboxylic acid groups (broad SMARTS) is 1. The van der Waals surface area contributed by atoms with Crippen molar-refractivity contribution < 1.29 is 19.4 Å². The van der Waals surface area contributed by atoms with E-state index in [1.165, 1.54) is 5.57 Å². The average Bonchev–Trinajstić information content (AvgIpc) is 3.50. The van der Waals surface area contributed by atoms with Crippen LogP contribution in [0.3, 0.4) is 0 Å². The average molecular weight is 475 g/mol.